The molecule has 2 atom stereocenters. The topological polar surface area (TPSA) is 60.7 Å². The lowest BCUT2D eigenvalue weighted by atomic mass is 10.0. The van der Waals surface area contributed by atoms with Crippen molar-refractivity contribution in [2.45, 2.75) is 103 Å². The third-order valence-electron chi connectivity index (χ3n) is 3.90. The lowest BCUT2D eigenvalue weighted by molar-refractivity contribution is 0.0380. The summed E-state index contributed by atoms with van der Waals surface area (Å²) in [5.74, 6) is 0. The maximum atomic E-state index is 9.62. The molecule has 0 aromatic heterocycles. The number of aliphatic hydroxyl groups excluding tert-OH is 3. The molecule has 0 aromatic rings. The molecule has 3 nitrogen and oxygen atoms in total. The highest BCUT2D eigenvalue weighted by molar-refractivity contribution is 4.62. The minimum atomic E-state index is -0.766. The highest BCUT2D eigenvalue weighted by atomic mass is 16.3. The van der Waals surface area contributed by atoms with Crippen molar-refractivity contribution in [1.29, 1.82) is 0 Å². The fourth-order valence-electron chi connectivity index (χ4n) is 2.55. The van der Waals surface area contributed by atoms with E-state index in [1.807, 2.05) is 0 Å². The minimum Gasteiger partial charge on any atom is -0.394 e. The van der Waals surface area contributed by atoms with Crippen LogP contribution in [-0.4, -0.2) is 34.1 Å². The highest BCUT2D eigenvalue weighted by Gasteiger charge is 2.10. The second-order valence-corrected chi connectivity index (χ2v) is 6.05. The van der Waals surface area contributed by atoms with E-state index in [4.69, 9.17) is 5.11 Å². The summed E-state index contributed by atoms with van der Waals surface area (Å²) in [4.78, 5) is 0. The predicted octanol–water partition coefficient (Wildman–Crippen LogP) is 3.79. The van der Waals surface area contributed by atoms with Crippen molar-refractivity contribution in [2.75, 3.05) is 6.61 Å². The summed E-state index contributed by atoms with van der Waals surface area (Å²) in [6, 6.07) is 0. The van der Waals surface area contributed by atoms with Gasteiger partial charge in [-0.2, -0.15) is 0 Å². The second-order valence-electron chi connectivity index (χ2n) is 6.05. The Morgan fingerprint density at radius 2 is 1.10 bits per heavy atom. The third-order valence-corrected chi connectivity index (χ3v) is 3.90. The molecule has 0 rings (SSSR count). The molecule has 0 amide bonds. The molecule has 0 aliphatic rings. The molecule has 3 heteroatoms. The van der Waals surface area contributed by atoms with Crippen LogP contribution in [0.15, 0.2) is 0 Å². The smallest absolute Gasteiger partial charge is 0.0795 e. The number of unbranched alkanes of at least 4 members (excludes halogenated alkanes) is 10. The van der Waals surface area contributed by atoms with E-state index >= 15 is 0 Å². The van der Waals surface area contributed by atoms with Gasteiger partial charge in [-0.15, -0.1) is 0 Å². The van der Waals surface area contributed by atoms with E-state index in [1.54, 1.807) is 0 Å². The van der Waals surface area contributed by atoms with Gasteiger partial charge in [0.15, 0.2) is 0 Å². The van der Waals surface area contributed by atoms with Gasteiger partial charge in [0.1, 0.15) is 0 Å². The molecule has 3 N–H and O–H groups in total. The van der Waals surface area contributed by atoms with Crippen molar-refractivity contribution < 1.29 is 15.3 Å². The van der Waals surface area contributed by atoms with E-state index in [2.05, 4.69) is 6.92 Å². The van der Waals surface area contributed by atoms with E-state index in [0.29, 0.717) is 6.42 Å². The number of hydrogen-bond acceptors (Lipinski definition) is 3. The quantitative estimate of drug-likeness (QED) is 0.402. The van der Waals surface area contributed by atoms with Crippen LogP contribution in [0, 0.1) is 0 Å². The molecule has 0 saturated heterocycles. The van der Waals surface area contributed by atoms with Gasteiger partial charge in [-0.1, -0.05) is 77.6 Å². The number of aliphatic hydroxyl groups is 3. The molecule has 0 spiro atoms. The molecule has 0 aromatic carbocycles. The Morgan fingerprint density at radius 1 is 0.650 bits per heavy atom. The summed E-state index contributed by atoms with van der Waals surface area (Å²) in [5.41, 5.74) is 0. The Labute approximate surface area is 125 Å². The van der Waals surface area contributed by atoms with E-state index in [-0.39, 0.29) is 6.61 Å². The van der Waals surface area contributed by atoms with Crippen molar-refractivity contribution in [3.63, 3.8) is 0 Å². The monoisotopic (exact) mass is 288 g/mol. The molecule has 0 saturated carbocycles. The van der Waals surface area contributed by atoms with Crippen molar-refractivity contribution in [3.05, 3.63) is 0 Å². The van der Waals surface area contributed by atoms with Gasteiger partial charge >= 0.3 is 0 Å². The van der Waals surface area contributed by atoms with Gasteiger partial charge in [-0.3, -0.25) is 0 Å². The Kier molecular flexibility index (Phi) is 15.2. The number of rotatable bonds is 15. The van der Waals surface area contributed by atoms with Crippen LogP contribution in [0.3, 0.4) is 0 Å². The lowest BCUT2D eigenvalue weighted by Gasteiger charge is -2.13. The van der Waals surface area contributed by atoms with Crippen molar-refractivity contribution >= 4 is 0 Å². The SMILES string of the molecule is CCCCCCCCCCCCC[C@H](O)C[C@H](O)CO. The maximum Gasteiger partial charge on any atom is 0.0795 e. The van der Waals surface area contributed by atoms with Crippen LogP contribution >= 0.6 is 0 Å². The molecule has 0 heterocycles. The molecule has 0 bridgehead atoms. The molecule has 122 valence electrons. The van der Waals surface area contributed by atoms with Crippen molar-refractivity contribution in [1.82, 2.24) is 0 Å². The predicted molar refractivity (Wildman–Crippen MR) is 84.8 cm³/mol. The van der Waals surface area contributed by atoms with Crippen LogP contribution in [0.1, 0.15) is 90.4 Å². The first-order valence-electron chi connectivity index (χ1n) is 8.67. The largest absolute Gasteiger partial charge is 0.394 e. The van der Waals surface area contributed by atoms with Gasteiger partial charge in [0.2, 0.25) is 0 Å². The average molecular weight is 288 g/mol. The fraction of sp³-hybridized carbons (Fsp3) is 1.00. The van der Waals surface area contributed by atoms with Crippen molar-refractivity contribution in [2.24, 2.45) is 0 Å². The molecule has 0 aliphatic heterocycles. The van der Waals surface area contributed by atoms with Crippen LogP contribution in [0.25, 0.3) is 0 Å². The van der Waals surface area contributed by atoms with Crippen molar-refractivity contribution in [3.8, 4) is 0 Å². The Hall–Kier alpha value is -0.120. The first kappa shape index (κ1) is 19.9. The first-order chi connectivity index (χ1) is 9.70. The zero-order valence-electron chi connectivity index (χ0n) is 13.4. The maximum absolute atomic E-state index is 9.62. The average Bonchev–Trinajstić information content (AvgIpc) is 2.44. The normalized spacial score (nSPS) is 14.4. The van der Waals surface area contributed by atoms with Gasteiger partial charge < -0.3 is 15.3 Å². The summed E-state index contributed by atoms with van der Waals surface area (Å²) >= 11 is 0. The first-order valence-corrected chi connectivity index (χ1v) is 8.67. The molecule has 0 aliphatic carbocycles. The molecule has 0 fully saturated rings. The molecular formula is C17H36O3. The van der Waals surface area contributed by atoms with Crippen LogP contribution < -0.4 is 0 Å². The van der Waals surface area contributed by atoms with Crippen LogP contribution in [0.5, 0.6) is 0 Å². The van der Waals surface area contributed by atoms with Gasteiger partial charge in [0.05, 0.1) is 18.8 Å². The zero-order valence-corrected chi connectivity index (χ0v) is 13.4. The lowest BCUT2D eigenvalue weighted by Crippen LogP contribution is -2.20. The van der Waals surface area contributed by atoms with Crippen LogP contribution in [-0.2, 0) is 0 Å². The summed E-state index contributed by atoms with van der Waals surface area (Å²) in [6.07, 6.45) is 14.2. The van der Waals surface area contributed by atoms with Crippen LogP contribution in [0.2, 0.25) is 0 Å². The van der Waals surface area contributed by atoms with Gasteiger partial charge in [0, 0.05) is 6.42 Å². The fourth-order valence-corrected chi connectivity index (χ4v) is 2.55. The molecule has 0 unspecified atom stereocenters. The van der Waals surface area contributed by atoms with E-state index < -0.39 is 12.2 Å². The second kappa shape index (κ2) is 15.3. The molecular weight excluding hydrogens is 252 g/mol. The summed E-state index contributed by atoms with van der Waals surface area (Å²) in [7, 11) is 0. The van der Waals surface area contributed by atoms with Gasteiger partial charge in [-0.25, -0.2) is 0 Å². The van der Waals surface area contributed by atoms with E-state index in [1.165, 1.54) is 64.2 Å². The minimum absolute atomic E-state index is 0.255. The van der Waals surface area contributed by atoms with Gasteiger partial charge in [0.25, 0.3) is 0 Å². The highest BCUT2D eigenvalue weighted by Crippen LogP contribution is 2.13. The number of hydrogen-bond donors (Lipinski definition) is 3. The summed E-state index contributed by atoms with van der Waals surface area (Å²) < 4.78 is 0. The summed E-state index contributed by atoms with van der Waals surface area (Å²) in [5, 5.41) is 27.5. The Bertz CT molecular complexity index is 185. The Morgan fingerprint density at radius 3 is 1.55 bits per heavy atom. The molecule has 0 radical (unpaired) electrons. The Balaban J connectivity index is 3.12. The molecule has 20 heavy (non-hydrogen) atoms. The van der Waals surface area contributed by atoms with Gasteiger partial charge in [-0.05, 0) is 6.42 Å². The van der Waals surface area contributed by atoms with E-state index in [0.717, 1.165) is 12.8 Å². The zero-order chi connectivity index (χ0) is 15.1. The standard InChI is InChI=1S/C17H36O3/c1-2-3-4-5-6-7-8-9-10-11-12-13-16(19)14-17(20)15-18/h16-20H,2-15H2,1H3/t16-,17-/m0/s1. The van der Waals surface area contributed by atoms with Crippen LogP contribution in [0.4, 0.5) is 0 Å². The third kappa shape index (κ3) is 14.3. The summed E-state index contributed by atoms with van der Waals surface area (Å²) in [6.45, 7) is 2.00. The van der Waals surface area contributed by atoms with E-state index in [9.17, 15) is 10.2 Å².